The molecule has 2 aromatic carbocycles. The molecule has 0 aliphatic carbocycles. The fraction of sp³-hybridized carbons (Fsp3) is 0.381. The van der Waals surface area contributed by atoms with Crippen LogP contribution in [0.2, 0.25) is 39.3 Å². The molecule has 0 amide bonds. The number of para-hydroxylation sites is 2. The van der Waals surface area contributed by atoms with E-state index in [1.807, 2.05) is 0 Å². The lowest BCUT2D eigenvalue weighted by Crippen LogP contribution is -2.46. The van der Waals surface area contributed by atoms with Crippen LogP contribution in [0.15, 0.2) is 47.5 Å². The normalized spacial score (nSPS) is 12.5. The number of hydrogen-bond donors (Lipinski definition) is 0. The molecular formula is C21H31N3Si2. The number of nitrogens with zero attached hydrogens (tertiary/aromatic N) is 3. The summed E-state index contributed by atoms with van der Waals surface area (Å²) in [5.41, 5.74) is 5.53. The van der Waals surface area contributed by atoms with Gasteiger partial charge in [-0.05, 0) is 56.7 Å². The summed E-state index contributed by atoms with van der Waals surface area (Å²) >= 11 is 0. The predicted molar refractivity (Wildman–Crippen MR) is 120 cm³/mol. The van der Waals surface area contributed by atoms with Gasteiger partial charge in [0.15, 0.2) is 22.8 Å². The molecule has 0 spiro atoms. The van der Waals surface area contributed by atoms with E-state index in [9.17, 15) is 0 Å². The zero-order valence-electron chi connectivity index (χ0n) is 17.4. The van der Waals surface area contributed by atoms with Crippen molar-refractivity contribution in [1.82, 2.24) is 4.98 Å². The van der Waals surface area contributed by atoms with Gasteiger partial charge in [-0.15, -0.1) is 0 Å². The van der Waals surface area contributed by atoms with Gasteiger partial charge < -0.3 is 9.55 Å². The summed E-state index contributed by atoms with van der Waals surface area (Å²) in [6, 6.07) is 14.7. The quantitative estimate of drug-likeness (QED) is 0.251. The summed E-state index contributed by atoms with van der Waals surface area (Å²) in [4.78, 5) is 9.82. The summed E-state index contributed by atoms with van der Waals surface area (Å²) in [6.45, 7) is 17.9. The molecule has 26 heavy (non-hydrogen) atoms. The van der Waals surface area contributed by atoms with Crippen LogP contribution in [0.5, 0.6) is 0 Å². The highest BCUT2D eigenvalue weighted by atomic mass is 28.3. The zero-order chi connectivity index (χ0) is 19.5. The Balaban J connectivity index is 2.49. The minimum Gasteiger partial charge on any atom is -0.350 e. The van der Waals surface area contributed by atoms with Crippen LogP contribution in [0, 0.1) is 13.8 Å². The second kappa shape index (κ2) is 7.80. The molecule has 0 aliphatic rings. The first-order valence-electron chi connectivity index (χ1n) is 9.14. The molecule has 0 heterocycles. The average Bonchev–Trinajstić information content (AvgIpc) is 2.49. The topological polar surface area (TPSA) is 29.7 Å². The lowest BCUT2D eigenvalue weighted by atomic mass is 10.1. The molecule has 0 N–H and O–H groups in total. The molecule has 2 rings (SSSR count). The van der Waals surface area contributed by atoms with Crippen LogP contribution in [-0.2, 0) is 0 Å². The zero-order valence-corrected chi connectivity index (χ0v) is 19.4. The molecule has 0 fully saturated rings. The number of aliphatic imine (C=N–C) groups is 1. The molecule has 0 aromatic heterocycles. The SMILES string of the molecule is Cc1cccc(C)c1N=[C]N(c1ccccc1[N][Si](C)(C)C)[Si](C)(C)C. The lowest BCUT2D eigenvalue weighted by molar-refractivity contribution is 1.22. The van der Waals surface area contributed by atoms with E-state index in [4.69, 9.17) is 9.97 Å². The van der Waals surface area contributed by atoms with Gasteiger partial charge in [-0.1, -0.05) is 50.0 Å². The highest BCUT2D eigenvalue weighted by Gasteiger charge is 2.27. The first-order chi connectivity index (χ1) is 12.0. The van der Waals surface area contributed by atoms with Crippen molar-refractivity contribution in [2.75, 3.05) is 4.57 Å². The van der Waals surface area contributed by atoms with E-state index in [0.29, 0.717) is 0 Å². The van der Waals surface area contributed by atoms with Crippen molar-refractivity contribution in [3.63, 3.8) is 0 Å². The van der Waals surface area contributed by atoms with Crippen LogP contribution in [-0.4, -0.2) is 22.8 Å². The summed E-state index contributed by atoms with van der Waals surface area (Å²) in [6.07, 6.45) is 3.38. The van der Waals surface area contributed by atoms with E-state index in [-0.39, 0.29) is 0 Å². The van der Waals surface area contributed by atoms with Gasteiger partial charge in [0, 0.05) is 0 Å². The third-order valence-electron chi connectivity index (χ3n) is 3.95. The molecule has 2 radical (unpaired) electrons. The van der Waals surface area contributed by atoms with Gasteiger partial charge in [0.25, 0.3) is 0 Å². The summed E-state index contributed by atoms with van der Waals surface area (Å²) < 4.78 is 2.25. The molecule has 2 aromatic rings. The van der Waals surface area contributed by atoms with Gasteiger partial charge >= 0.3 is 0 Å². The smallest absolute Gasteiger partial charge is 0.173 e. The minimum atomic E-state index is -1.74. The van der Waals surface area contributed by atoms with Crippen molar-refractivity contribution in [2.45, 2.75) is 53.1 Å². The van der Waals surface area contributed by atoms with Crippen molar-refractivity contribution in [3.8, 4) is 0 Å². The lowest BCUT2D eigenvalue weighted by Gasteiger charge is -2.34. The highest BCUT2D eigenvalue weighted by Crippen LogP contribution is 2.31. The van der Waals surface area contributed by atoms with Crippen LogP contribution >= 0.6 is 0 Å². The van der Waals surface area contributed by atoms with Crippen LogP contribution in [0.4, 0.5) is 17.1 Å². The molecule has 0 atom stereocenters. The maximum atomic E-state index is 5.05. The Morgan fingerprint density at radius 3 is 1.92 bits per heavy atom. The molecular weight excluding hydrogens is 350 g/mol. The van der Waals surface area contributed by atoms with Crippen LogP contribution in [0.25, 0.3) is 0 Å². The van der Waals surface area contributed by atoms with Gasteiger partial charge in [-0.3, -0.25) is 0 Å². The molecule has 0 unspecified atom stereocenters. The van der Waals surface area contributed by atoms with Crippen molar-refractivity contribution in [2.24, 2.45) is 4.99 Å². The maximum Gasteiger partial charge on any atom is 0.173 e. The molecule has 5 heteroatoms. The number of anilines is 1. The Morgan fingerprint density at radius 1 is 0.808 bits per heavy atom. The molecule has 3 nitrogen and oxygen atoms in total. The van der Waals surface area contributed by atoms with Crippen LogP contribution in [0.3, 0.4) is 0 Å². The standard InChI is InChI=1S/C21H31N3Si2/c1-17-12-11-13-18(2)21(17)22-16-24(26(6,7)8)20-15-10-9-14-19(20)23-25(3,4)5/h9-15H,1-8H3. The van der Waals surface area contributed by atoms with Crippen molar-refractivity contribution in [1.29, 1.82) is 0 Å². The van der Waals surface area contributed by atoms with Gasteiger partial charge in [0.05, 0.1) is 17.1 Å². The van der Waals surface area contributed by atoms with Crippen LogP contribution < -0.4 is 9.55 Å². The highest BCUT2D eigenvalue weighted by molar-refractivity contribution is 6.82. The first kappa shape index (κ1) is 20.5. The Kier molecular flexibility index (Phi) is 6.14. The third kappa shape index (κ3) is 5.32. The molecule has 0 bridgehead atoms. The van der Waals surface area contributed by atoms with Crippen molar-refractivity contribution < 1.29 is 0 Å². The molecule has 0 saturated carbocycles. The van der Waals surface area contributed by atoms with E-state index < -0.39 is 16.5 Å². The van der Waals surface area contributed by atoms with Crippen LogP contribution in [0.1, 0.15) is 11.1 Å². The van der Waals surface area contributed by atoms with Gasteiger partial charge in [-0.25, -0.2) is 4.99 Å². The van der Waals surface area contributed by atoms with Gasteiger partial charge in [-0.2, -0.15) is 0 Å². The van der Waals surface area contributed by atoms with Crippen molar-refractivity contribution in [3.05, 3.63) is 53.6 Å². The molecule has 138 valence electrons. The Morgan fingerprint density at radius 2 is 1.38 bits per heavy atom. The van der Waals surface area contributed by atoms with E-state index in [1.54, 1.807) is 0 Å². The average molecular weight is 382 g/mol. The molecule has 0 aliphatic heterocycles. The van der Waals surface area contributed by atoms with Crippen molar-refractivity contribution >= 4 is 39.9 Å². The summed E-state index contributed by atoms with van der Waals surface area (Å²) in [7, 11) is -3.32. The summed E-state index contributed by atoms with van der Waals surface area (Å²) in [5, 5.41) is 0. The Labute approximate surface area is 161 Å². The van der Waals surface area contributed by atoms with E-state index in [0.717, 1.165) is 17.1 Å². The predicted octanol–water partition coefficient (Wildman–Crippen LogP) is 6.25. The summed E-state index contributed by atoms with van der Waals surface area (Å²) in [5.74, 6) is 0. The fourth-order valence-electron chi connectivity index (χ4n) is 2.76. The minimum absolute atomic E-state index is 1.01. The second-order valence-electron chi connectivity index (χ2n) is 8.73. The first-order valence-corrected chi connectivity index (χ1v) is 16.0. The number of rotatable bonds is 6. The maximum absolute atomic E-state index is 5.05. The Bertz CT molecular complexity index is 766. The van der Waals surface area contributed by atoms with E-state index in [1.165, 1.54) is 11.1 Å². The van der Waals surface area contributed by atoms with E-state index >= 15 is 0 Å². The van der Waals surface area contributed by atoms with Gasteiger partial charge in [0.1, 0.15) is 0 Å². The number of aryl methyl sites for hydroxylation is 2. The van der Waals surface area contributed by atoms with Gasteiger partial charge in [0.2, 0.25) is 0 Å². The largest absolute Gasteiger partial charge is 0.350 e. The fourth-order valence-corrected chi connectivity index (χ4v) is 4.93. The monoisotopic (exact) mass is 381 g/mol. The number of benzene rings is 2. The Hall–Kier alpha value is -1.86. The third-order valence-corrected chi connectivity index (χ3v) is 6.54. The van der Waals surface area contributed by atoms with E-state index in [2.05, 4.69) is 106 Å². The number of hydrogen-bond acceptors (Lipinski definition) is 1. The second-order valence-corrected chi connectivity index (χ2v) is 18.1. The molecule has 0 saturated heterocycles.